The topological polar surface area (TPSA) is 70.5 Å². The zero-order chi connectivity index (χ0) is 16.4. The maximum absolute atomic E-state index is 12.5. The van der Waals surface area contributed by atoms with Gasteiger partial charge in [-0.15, -0.1) is 0 Å². The summed E-state index contributed by atoms with van der Waals surface area (Å²) in [4.78, 5) is 29.2. The second kappa shape index (κ2) is 6.38. The molecule has 5 nitrogen and oxygen atoms in total. The summed E-state index contributed by atoms with van der Waals surface area (Å²) in [7, 11) is 0. The molecule has 0 radical (unpaired) electrons. The second-order valence-corrected chi connectivity index (χ2v) is 5.83. The number of pyridine rings is 1. The molecule has 1 aromatic carbocycles. The number of halogens is 1. The van der Waals surface area contributed by atoms with Gasteiger partial charge < -0.3 is 10.0 Å². The Kier molecular flexibility index (Phi) is 4.30. The maximum Gasteiger partial charge on any atom is 0.326 e. The third kappa shape index (κ3) is 3.19. The highest BCUT2D eigenvalue weighted by atomic mass is 35.5. The van der Waals surface area contributed by atoms with Crippen molar-refractivity contribution >= 4 is 23.5 Å². The number of rotatable bonds is 3. The third-order valence-corrected chi connectivity index (χ3v) is 4.21. The van der Waals surface area contributed by atoms with Crippen LogP contribution in [0.15, 0.2) is 42.6 Å². The summed E-state index contributed by atoms with van der Waals surface area (Å²) in [5.74, 6) is -1.18. The van der Waals surface area contributed by atoms with Gasteiger partial charge >= 0.3 is 5.97 Å². The largest absolute Gasteiger partial charge is 0.480 e. The van der Waals surface area contributed by atoms with E-state index in [1.54, 1.807) is 24.4 Å². The van der Waals surface area contributed by atoms with Gasteiger partial charge in [-0.2, -0.15) is 0 Å². The lowest BCUT2D eigenvalue weighted by Gasteiger charge is -2.21. The summed E-state index contributed by atoms with van der Waals surface area (Å²) >= 11 is 5.77. The molecule has 1 aliphatic heterocycles. The van der Waals surface area contributed by atoms with Crippen LogP contribution in [0.1, 0.15) is 23.2 Å². The number of amides is 1. The van der Waals surface area contributed by atoms with Gasteiger partial charge in [-0.1, -0.05) is 23.7 Å². The minimum Gasteiger partial charge on any atom is -0.480 e. The number of hydrogen-bond donors (Lipinski definition) is 1. The van der Waals surface area contributed by atoms with Gasteiger partial charge in [0.2, 0.25) is 0 Å². The van der Waals surface area contributed by atoms with Gasteiger partial charge in [-0.3, -0.25) is 4.79 Å². The van der Waals surface area contributed by atoms with Crippen molar-refractivity contribution < 1.29 is 14.7 Å². The molecule has 118 valence electrons. The van der Waals surface area contributed by atoms with E-state index in [0.717, 1.165) is 17.5 Å². The van der Waals surface area contributed by atoms with Crippen molar-refractivity contribution in [2.24, 2.45) is 0 Å². The van der Waals surface area contributed by atoms with E-state index >= 15 is 0 Å². The van der Waals surface area contributed by atoms with Crippen LogP contribution in [0.2, 0.25) is 5.15 Å². The first-order valence-corrected chi connectivity index (χ1v) is 7.70. The van der Waals surface area contributed by atoms with Gasteiger partial charge in [-0.25, -0.2) is 9.78 Å². The Morgan fingerprint density at radius 1 is 1.13 bits per heavy atom. The number of likely N-dealkylation sites (tertiary alicyclic amines) is 1. The molecule has 1 fully saturated rings. The van der Waals surface area contributed by atoms with Crippen LogP contribution in [0, 0.1) is 0 Å². The summed E-state index contributed by atoms with van der Waals surface area (Å²) in [6, 6.07) is 9.91. The van der Waals surface area contributed by atoms with Crippen LogP contribution in [0.3, 0.4) is 0 Å². The van der Waals surface area contributed by atoms with E-state index in [1.807, 2.05) is 18.2 Å². The van der Waals surface area contributed by atoms with Gasteiger partial charge in [0, 0.05) is 23.9 Å². The van der Waals surface area contributed by atoms with E-state index in [9.17, 15) is 14.7 Å². The number of aliphatic carboxylic acids is 1. The minimum atomic E-state index is -0.945. The molecule has 2 heterocycles. The number of carboxylic acids is 1. The van der Waals surface area contributed by atoms with E-state index < -0.39 is 12.0 Å². The molecule has 0 spiro atoms. The lowest BCUT2D eigenvalue weighted by Crippen LogP contribution is -2.40. The number of carbonyl (C=O) groups excluding carboxylic acids is 1. The number of carbonyl (C=O) groups is 2. The summed E-state index contributed by atoms with van der Waals surface area (Å²) in [6.45, 7) is 0.485. The lowest BCUT2D eigenvalue weighted by atomic mass is 10.0. The van der Waals surface area contributed by atoms with Crippen LogP contribution in [-0.2, 0) is 4.79 Å². The third-order valence-electron chi connectivity index (χ3n) is 3.99. The van der Waals surface area contributed by atoms with Crippen molar-refractivity contribution in [1.82, 2.24) is 9.88 Å². The van der Waals surface area contributed by atoms with E-state index in [1.165, 1.54) is 4.90 Å². The number of benzene rings is 1. The Hall–Kier alpha value is -2.40. The molecule has 1 amide bonds. The Balaban J connectivity index is 1.80. The summed E-state index contributed by atoms with van der Waals surface area (Å²) < 4.78 is 0. The molecular formula is C17H15ClN2O3. The smallest absolute Gasteiger partial charge is 0.326 e. The monoisotopic (exact) mass is 330 g/mol. The van der Waals surface area contributed by atoms with Gasteiger partial charge in [0.25, 0.3) is 5.91 Å². The van der Waals surface area contributed by atoms with Gasteiger partial charge in [0.1, 0.15) is 11.2 Å². The Morgan fingerprint density at radius 2 is 1.83 bits per heavy atom. The fourth-order valence-corrected chi connectivity index (χ4v) is 2.90. The van der Waals surface area contributed by atoms with E-state index in [-0.39, 0.29) is 5.91 Å². The van der Waals surface area contributed by atoms with Crippen molar-refractivity contribution in [1.29, 1.82) is 0 Å². The van der Waals surface area contributed by atoms with Crippen LogP contribution >= 0.6 is 11.6 Å². The number of nitrogens with zero attached hydrogens (tertiary/aromatic N) is 2. The fourth-order valence-electron chi connectivity index (χ4n) is 2.78. The first kappa shape index (κ1) is 15.5. The van der Waals surface area contributed by atoms with Crippen LogP contribution in [-0.4, -0.2) is 39.5 Å². The summed E-state index contributed by atoms with van der Waals surface area (Å²) in [5.41, 5.74) is 2.31. The first-order valence-electron chi connectivity index (χ1n) is 7.32. The fraction of sp³-hybridized carbons (Fsp3) is 0.235. The molecular weight excluding hydrogens is 316 g/mol. The molecule has 2 aromatic rings. The molecule has 1 N–H and O–H groups in total. The quantitative estimate of drug-likeness (QED) is 0.878. The number of carboxylic acid groups (broad SMARTS) is 1. The zero-order valence-corrected chi connectivity index (χ0v) is 13.0. The van der Waals surface area contributed by atoms with Crippen molar-refractivity contribution in [3.8, 4) is 11.1 Å². The van der Waals surface area contributed by atoms with E-state index in [4.69, 9.17) is 11.6 Å². The molecule has 1 atom stereocenters. The van der Waals surface area contributed by atoms with E-state index in [2.05, 4.69) is 4.98 Å². The number of aromatic nitrogens is 1. The Bertz CT molecular complexity index is 729. The maximum atomic E-state index is 12.5. The molecule has 3 rings (SSSR count). The van der Waals surface area contributed by atoms with Crippen LogP contribution in [0.25, 0.3) is 11.1 Å². The highest BCUT2D eigenvalue weighted by molar-refractivity contribution is 6.29. The standard InChI is InChI=1S/C17H15ClN2O3/c18-15-8-7-13(10-19-15)11-3-5-12(6-4-11)16(21)20-9-1-2-14(20)17(22)23/h3-8,10,14H,1-2,9H2,(H,22,23). The van der Waals surface area contributed by atoms with Crippen molar-refractivity contribution in [3.05, 3.63) is 53.3 Å². The second-order valence-electron chi connectivity index (χ2n) is 5.44. The molecule has 1 aliphatic rings. The minimum absolute atomic E-state index is 0.240. The van der Waals surface area contributed by atoms with Gasteiger partial charge in [0.15, 0.2) is 0 Å². The predicted octanol–water partition coefficient (Wildman–Crippen LogP) is 3.09. The SMILES string of the molecule is O=C(O)C1CCCN1C(=O)c1ccc(-c2ccc(Cl)nc2)cc1. The Labute approximate surface area is 138 Å². The average molecular weight is 331 g/mol. The normalized spacial score (nSPS) is 17.3. The molecule has 6 heteroatoms. The van der Waals surface area contributed by atoms with Crippen LogP contribution < -0.4 is 0 Å². The van der Waals surface area contributed by atoms with Crippen LogP contribution in [0.5, 0.6) is 0 Å². The molecule has 0 aliphatic carbocycles. The Morgan fingerprint density at radius 3 is 2.43 bits per heavy atom. The molecule has 1 aromatic heterocycles. The van der Waals surface area contributed by atoms with Gasteiger partial charge in [-0.05, 0) is 42.7 Å². The molecule has 1 unspecified atom stereocenters. The molecule has 0 saturated carbocycles. The van der Waals surface area contributed by atoms with Gasteiger partial charge in [0.05, 0.1) is 0 Å². The molecule has 23 heavy (non-hydrogen) atoms. The first-order chi connectivity index (χ1) is 11.1. The van der Waals surface area contributed by atoms with E-state index in [0.29, 0.717) is 23.7 Å². The van der Waals surface area contributed by atoms with Crippen molar-refractivity contribution in [2.45, 2.75) is 18.9 Å². The molecule has 0 bridgehead atoms. The van der Waals surface area contributed by atoms with Crippen molar-refractivity contribution in [3.63, 3.8) is 0 Å². The molecule has 1 saturated heterocycles. The summed E-state index contributed by atoms with van der Waals surface area (Å²) in [5, 5.41) is 9.61. The highest BCUT2D eigenvalue weighted by Crippen LogP contribution is 2.23. The average Bonchev–Trinajstić information content (AvgIpc) is 3.05. The number of hydrogen-bond acceptors (Lipinski definition) is 3. The predicted molar refractivity (Wildman–Crippen MR) is 86.4 cm³/mol. The zero-order valence-electron chi connectivity index (χ0n) is 12.3. The highest BCUT2D eigenvalue weighted by Gasteiger charge is 2.34. The lowest BCUT2D eigenvalue weighted by molar-refractivity contribution is -0.141. The van der Waals surface area contributed by atoms with Crippen LogP contribution in [0.4, 0.5) is 0 Å². The van der Waals surface area contributed by atoms with Crippen molar-refractivity contribution in [2.75, 3.05) is 6.54 Å². The summed E-state index contributed by atoms with van der Waals surface area (Å²) in [6.07, 6.45) is 2.90.